The molecule has 0 saturated carbocycles. The van der Waals surface area contributed by atoms with Crippen molar-refractivity contribution in [3.63, 3.8) is 0 Å². The van der Waals surface area contributed by atoms with E-state index in [2.05, 4.69) is 44.8 Å². The number of rotatable bonds is 8. The Morgan fingerprint density at radius 2 is 1.94 bits per heavy atom. The highest BCUT2D eigenvalue weighted by atomic mass is 16.6. The van der Waals surface area contributed by atoms with Gasteiger partial charge in [0.2, 0.25) is 5.88 Å². The van der Waals surface area contributed by atoms with E-state index in [4.69, 9.17) is 9.47 Å². The summed E-state index contributed by atoms with van der Waals surface area (Å²) in [6, 6.07) is 3.10. The van der Waals surface area contributed by atoms with E-state index >= 15 is 0 Å². The zero-order valence-corrected chi connectivity index (χ0v) is 20.6. The lowest BCUT2D eigenvalue weighted by atomic mass is 9.72. The maximum atomic E-state index is 12.3. The lowest BCUT2D eigenvalue weighted by Crippen LogP contribution is -2.19. The standard InChI is InChI=1S/C28H35NO4/c1-7-32-27(31)23-14-10-18-29-26(23)33-25(30)19-21(3)12-8-11-20(2)15-16-24-22(4)13-9-17-28(24,5)6/h8,10-12,14-16,18-19H,7,9,13,17H2,1-6H3/b12-8+,16-15+,20-11+,21-19+. The van der Waals surface area contributed by atoms with Crippen molar-refractivity contribution in [3.8, 4) is 5.88 Å². The Kier molecular flexibility index (Phi) is 9.58. The van der Waals surface area contributed by atoms with Crippen LogP contribution in [0.1, 0.15) is 71.2 Å². The Morgan fingerprint density at radius 3 is 2.64 bits per heavy atom. The van der Waals surface area contributed by atoms with Gasteiger partial charge in [-0.25, -0.2) is 14.6 Å². The number of allylic oxidation sites excluding steroid dienone is 9. The molecule has 1 aliphatic carbocycles. The summed E-state index contributed by atoms with van der Waals surface area (Å²) in [5.41, 5.74) is 5.08. The third kappa shape index (κ3) is 8.01. The Morgan fingerprint density at radius 1 is 1.18 bits per heavy atom. The summed E-state index contributed by atoms with van der Waals surface area (Å²) in [5.74, 6) is -1.25. The minimum atomic E-state index is -0.607. The van der Waals surface area contributed by atoms with Crippen LogP contribution in [0.25, 0.3) is 0 Å². The summed E-state index contributed by atoms with van der Waals surface area (Å²) in [6.07, 6.45) is 16.6. The molecule has 0 atom stereocenters. The van der Waals surface area contributed by atoms with Crippen LogP contribution in [0.4, 0.5) is 0 Å². The van der Waals surface area contributed by atoms with Gasteiger partial charge in [-0.15, -0.1) is 0 Å². The van der Waals surface area contributed by atoms with E-state index in [1.165, 1.54) is 48.7 Å². The maximum absolute atomic E-state index is 12.3. The van der Waals surface area contributed by atoms with Crippen molar-refractivity contribution in [2.75, 3.05) is 6.61 Å². The minimum absolute atomic E-state index is 0.0647. The average molecular weight is 450 g/mol. The second kappa shape index (κ2) is 12.1. The number of hydrogen-bond donors (Lipinski definition) is 0. The number of pyridine rings is 1. The first kappa shape index (κ1) is 26.0. The van der Waals surface area contributed by atoms with Gasteiger partial charge in [-0.3, -0.25) is 0 Å². The largest absolute Gasteiger partial charge is 0.462 e. The van der Waals surface area contributed by atoms with Crippen LogP contribution < -0.4 is 4.74 Å². The first-order valence-corrected chi connectivity index (χ1v) is 11.4. The molecule has 1 heterocycles. The number of nitrogens with zero attached hydrogens (tertiary/aromatic N) is 1. The lowest BCUT2D eigenvalue weighted by Gasteiger charge is -2.32. The third-order valence-corrected chi connectivity index (χ3v) is 5.58. The van der Waals surface area contributed by atoms with Crippen molar-refractivity contribution in [3.05, 3.63) is 82.6 Å². The van der Waals surface area contributed by atoms with Crippen LogP contribution in [0, 0.1) is 5.41 Å². The zero-order chi connectivity index (χ0) is 24.4. The van der Waals surface area contributed by atoms with Gasteiger partial charge in [-0.05, 0) is 75.7 Å². The van der Waals surface area contributed by atoms with Crippen LogP contribution in [0.15, 0.2) is 77.1 Å². The predicted octanol–water partition coefficient (Wildman–Crippen LogP) is 6.70. The smallest absolute Gasteiger partial charge is 0.343 e. The Hall–Kier alpha value is -3.21. The highest BCUT2D eigenvalue weighted by molar-refractivity contribution is 5.93. The van der Waals surface area contributed by atoms with Crippen molar-refractivity contribution in [2.24, 2.45) is 5.41 Å². The van der Waals surface area contributed by atoms with Crippen molar-refractivity contribution < 1.29 is 19.1 Å². The van der Waals surface area contributed by atoms with E-state index in [-0.39, 0.29) is 23.5 Å². The molecule has 0 amide bonds. The number of esters is 2. The maximum Gasteiger partial charge on any atom is 0.343 e. The van der Waals surface area contributed by atoms with Crippen LogP contribution in [-0.2, 0) is 9.53 Å². The summed E-state index contributed by atoms with van der Waals surface area (Å²) in [5, 5.41) is 0. The minimum Gasteiger partial charge on any atom is -0.462 e. The molecule has 0 saturated heterocycles. The average Bonchev–Trinajstić information content (AvgIpc) is 2.73. The highest BCUT2D eigenvalue weighted by Crippen LogP contribution is 2.40. The SMILES string of the molecule is CCOC(=O)c1cccnc1OC(=O)/C=C(C)/C=C/C=C(C)/C=C/C1=C(C)CCCC1(C)C. The quantitative estimate of drug-likeness (QED) is 0.251. The van der Waals surface area contributed by atoms with Gasteiger partial charge in [0.25, 0.3) is 0 Å². The number of carbonyl (C=O) groups is 2. The van der Waals surface area contributed by atoms with Crippen molar-refractivity contribution in [1.29, 1.82) is 0 Å². The number of aromatic nitrogens is 1. The van der Waals surface area contributed by atoms with Crippen LogP contribution in [-0.4, -0.2) is 23.5 Å². The molecule has 33 heavy (non-hydrogen) atoms. The van der Waals surface area contributed by atoms with E-state index in [1.54, 1.807) is 19.9 Å². The Bertz CT molecular complexity index is 1020. The van der Waals surface area contributed by atoms with Crippen LogP contribution in [0.5, 0.6) is 5.88 Å². The van der Waals surface area contributed by atoms with E-state index in [0.717, 1.165) is 5.57 Å². The fourth-order valence-corrected chi connectivity index (χ4v) is 3.83. The fraction of sp³-hybridized carbons (Fsp3) is 0.393. The van der Waals surface area contributed by atoms with Gasteiger partial charge in [0.1, 0.15) is 5.56 Å². The summed E-state index contributed by atoms with van der Waals surface area (Å²) in [6.45, 7) is 12.6. The van der Waals surface area contributed by atoms with E-state index in [9.17, 15) is 9.59 Å². The summed E-state index contributed by atoms with van der Waals surface area (Å²) < 4.78 is 10.2. The fourth-order valence-electron chi connectivity index (χ4n) is 3.83. The molecule has 0 fully saturated rings. The molecule has 1 aliphatic rings. The van der Waals surface area contributed by atoms with E-state index in [1.807, 2.05) is 18.2 Å². The Labute approximate surface area is 197 Å². The molecule has 1 aromatic rings. The molecular formula is C28H35NO4. The Balaban J connectivity index is 2.02. The molecule has 0 radical (unpaired) electrons. The number of carbonyl (C=O) groups excluding carboxylic acids is 2. The predicted molar refractivity (Wildman–Crippen MR) is 132 cm³/mol. The molecule has 0 bridgehead atoms. The molecule has 5 heteroatoms. The topological polar surface area (TPSA) is 65.5 Å². The highest BCUT2D eigenvalue weighted by Gasteiger charge is 2.26. The van der Waals surface area contributed by atoms with Crippen LogP contribution >= 0.6 is 0 Å². The second-order valence-electron chi connectivity index (χ2n) is 8.92. The van der Waals surface area contributed by atoms with E-state index in [0.29, 0.717) is 5.57 Å². The van der Waals surface area contributed by atoms with Gasteiger partial charge in [-0.2, -0.15) is 0 Å². The van der Waals surface area contributed by atoms with Gasteiger partial charge in [0.15, 0.2) is 0 Å². The molecular weight excluding hydrogens is 414 g/mol. The monoisotopic (exact) mass is 449 g/mol. The van der Waals surface area contributed by atoms with Gasteiger partial charge in [0, 0.05) is 12.3 Å². The zero-order valence-electron chi connectivity index (χ0n) is 20.6. The number of hydrogen-bond acceptors (Lipinski definition) is 5. The normalized spacial score (nSPS) is 17.0. The van der Waals surface area contributed by atoms with Gasteiger partial charge in [0.05, 0.1) is 6.61 Å². The molecule has 0 unspecified atom stereocenters. The lowest BCUT2D eigenvalue weighted by molar-refractivity contribution is -0.129. The van der Waals surface area contributed by atoms with Crippen LogP contribution in [0.3, 0.4) is 0 Å². The molecule has 176 valence electrons. The third-order valence-electron chi connectivity index (χ3n) is 5.58. The van der Waals surface area contributed by atoms with Crippen molar-refractivity contribution in [1.82, 2.24) is 4.98 Å². The summed E-state index contributed by atoms with van der Waals surface area (Å²) in [7, 11) is 0. The molecule has 5 nitrogen and oxygen atoms in total. The van der Waals surface area contributed by atoms with Crippen molar-refractivity contribution in [2.45, 2.75) is 60.8 Å². The molecule has 0 spiro atoms. The molecule has 0 aromatic carbocycles. The van der Waals surface area contributed by atoms with Crippen LogP contribution in [0.2, 0.25) is 0 Å². The molecule has 0 N–H and O–H groups in total. The number of ether oxygens (including phenoxy) is 2. The first-order valence-electron chi connectivity index (χ1n) is 11.4. The summed E-state index contributed by atoms with van der Waals surface area (Å²) in [4.78, 5) is 28.2. The van der Waals surface area contributed by atoms with Gasteiger partial charge < -0.3 is 9.47 Å². The van der Waals surface area contributed by atoms with E-state index < -0.39 is 11.9 Å². The molecule has 1 aromatic heterocycles. The second-order valence-corrected chi connectivity index (χ2v) is 8.92. The van der Waals surface area contributed by atoms with Gasteiger partial charge >= 0.3 is 11.9 Å². The molecule has 2 rings (SSSR count). The van der Waals surface area contributed by atoms with Crippen molar-refractivity contribution >= 4 is 11.9 Å². The molecule has 0 aliphatic heterocycles. The summed E-state index contributed by atoms with van der Waals surface area (Å²) >= 11 is 0. The first-order chi connectivity index (χ1) is 15.6. The van der Waals surface area contributed by atoms with Gasteiger partial charge in [-0.1, -0.05) is 55.4 Å².